The van der Waals surface area contributed by atoms with Gasteiger partial charge in [-0.25, -0.2) is 13.8 Å². The molecule has 1 heterocycles. The van der Waals surface area contributed by atoms with Gasteiger partial charge in [-0.3, -0.25) is 0 Å². The molecule has 0 aliphatic rings. The minimum absolute atomic E-state index is 0.0731. The third kappa shape index (κ3) is 2.48. The molecular formula is C8H13F2N3. The van der Waals surface area contributed by atoms with Gasteiger partial charge < -0.3 is 10.7 Å². The first-order valence-corrected chi connectivity index (χ1v) is 4.09. The Hall–Kier alpha value is -0.970. The first-order chi connectivity index (χ1) is 6.00. The van der Waals surface area contributed by atoms with Crippen LogP contribution in [0.25, 0.3) is 0 Å². The van der Waals surface area contributed by atoms with E-state index in [2.05, 4.69) is 9.97 Å². The number of nitrogens with one attached hydrogen (secondary N) is 1. The Balaban J connectivity index is 2.82. The number of rotatable bonds is 3. The number of alkyl halides is 2. The summed E-state index contributed by atoms with van der Waals surface area (Å²) in [6, 6.07) is -0.0731. The molecular weight excluding hydrogens is 176 g/mol. The van der Waals surface area contributed by atoms with E-state index in [1.807, 2.05) is 0 Å². The molecule has 1 rings (SSSR count). The lowest BCUT2D eigenvalue weighted by Crippen LogP contribution is -2.18. The fraction of sp³-hybridized carbons (Fsp3) is 0.625. The summed E-state index contributed by atoms with van der Waals surface area (Å²) < 4.78 is 24.5. The van der Waals surface area contributed by atoms with E-state index in [0.717, 1.165) is 0 Å². The van der Waals surface area contributed by atoms with E-state index >= 15 is 0 Å². The van der Waals surface area contributed by atoms with Crippen molar-refractivity contribution < 1.29 is 8.78 Å². The molecule has 13 heavy (non-hydrogen) atoms. The van der Waals surface area contributed by atoms with Crippen molar-refractivity contribution in [2.75, 3.05) is 0 Å². The summed E-state index contributed by atoms with van der Waals surface area (Å²) in [4.78, 5) is 6.55. The van der Waals surface area contributed by atoms with Gasteiger partial charge in [-0.1, -0.05) is 0 Å². The fourth-order valence-corrected chi connectivity index (χ4v) is 1.15. The Labute approximate surface area is 75.4 Å². The van der Waals surface area contributed by atoms with Gasteiger partial charge >= 0.3 is 0 Å². The van der Waals surface area contributed by atoms with Gasteiger partial charge in [0.25, 0.3) is 6.43 Å². The average molecular weight is 189 g/mol. The molecule has 0 bridgehead atoms. The van der Waals surface area contributed by atoms with Gasteiger partial charge in [0.15, 0.2) is 0 Å². The molecule has 1 unspecified atom stereocenters. The average Bonchev–Trinajstić information content (AvgIpc) is 2.29. The topological polar surface area (TPSA) is 54.7 Å². The summed E-state index contributed by atoms with van der Waals surface area (Å²) in [5.74, 6) is 0.530. The lowest BCUT2D eigenvalue weighted by Gasteiger charge is -1.99. The standard InChI is InChI=1S/C8H13F2N3/c1-4(11)3-6-12-5(2)7(13-6)8(9)10/h4,8H,3,11H2,1-2H3,(H,12,13). The Morgan fingerprint density at radius 1 is 1.54 bits per heavy atom. The van der Waals surface area contributed by atoms with Gasteiger partial charge in [0, 0.05) is 18.2 Å². The summed E-state index contributed by atoms with van der Waals surface area (Å²) in [5, 5.41) is 0. The highest BCUT2D eigenvalue weighted by atomic mass is 19.3. The molecule has 0 spiro atoms. The second kappa shape index (κ2) is 3.83. The molecule has 0 aliphatic heterocycles. The number of imidazole rings is 1. The van der Waals surface area contributed by atoms with Crippen LogP contribution in [-0.2, 0) is 6.42 Å². The summed E-state index contributed by atoms with van der Waals surface area (Å²) in [6.45, 7) is 3.39. The van der Waals surface area contributed by atoms with E-state index in [9.17, 15) is 8.78 Å². The van der Waals surface area contributed by atoms with Crippen molar-refractivity contribution in [2.45, 2.75) is 32.7 Å². The van der Waals surface area contributed by atoms with Crippen LogP contribution in [0.5, 0.6) is 0 Å². The number of nitrogens with two attached hydrogens (primary N) is 1. The molecule has 3 N–H and O–H groups in total. The summed E-state index contributed by atoms with van der Waals surface area (Å²) >= 11 is 0. The Morgan fingerprint density at radius 3 is 2.54 bits per heavy atom. The lowest BCUT2D eigenvalue weighted by atomic mass is 10.2. The zero-order chi connectivity index (χ0) is 10.0. The minimum Gasteiger partial charge on any atom is -0.346 e. The molecule has 0 aromatic carbocycles. The smallest absolute Gasteiger partial charge is 0.282 e. The van der Waals surface area contributed by atoms with Crippen molar-refractivity contribution in [1.29, 1.82) is 0 Å². The van der Waals surface area contributed by atoms with E-state index in [1.165, 1.54) is 0 Å². The largest absolute Gasteiger partial charge is 0.346 e. The normalized spacial score (nSPS) is 13.7. The van der Waals surface area contributed by atoms with Crippen molar-refractivity contribution in [1.82, 2.24) is 9.97 Å². The molecule has 74 valence electrons. The molecule has 1 aromatic rings. The van der Waals surface area contributed by atoms with Crippen LogP contribution < -0.4 is 5.73 Å². The monoisotopic (exact) mass is 189 g/mol. The number of aromatic nitrogens is 2. The SMILES string of the molecule is Cc1[nH]c(CC(C)N)nc1C(F)F. The fourth-order valence-electron chi connectivity index (χ4n) is 1.15. The number of aromatic amines is 1. The van der Waals surface area contributed by atoms with Crippen molar-refractivity contribution in [3.8, 4) is 0 Å². The van der Waals surface area contributed by atoms with Crippen LogP contribution in [0.2, 0.25) is 0 Å². The predicted molar refractivity (Wildman–Crippen MR) is 45.6 cm³/mol. The number of nitrogens with zero attached hydrogens (tertiary/aromatic N) is 1. The maximum Gasteiger partial charge on any atom is 0.282 e. The zero-order valence-corrected chi connectivity index (χ0v) is 7.64. The highest BCUT2D eigenvalue weighted by Gasteiger charge is 2.16. The third-order valence-corrected chi connectivity index (χ3v) is 1.69. The summed E-state index contributed by atoms with van der Waals surface area (Å²) in [7, 11) is 0. The van der Waals surface area contributed by atoms with Crippen LogP contribution in [0.4, 0.5) is 8.78 Å². The maximum absolute atomic E-state index is 12.3. The molecule has 5 heteroatoms. The molecule has 0 aliphatic carbocycles. The van der Waals surface area contributed by atoms with Crippen LogP contribution >= 0.6 is 0 Å². The quantitative estimate of drug-likeness (QED) is 0.757. The van der Waals surface area contributed by atoms with Crippen molar-refractivity contribution in [3.05, 3.63) is 17.2 Å². The maximum atomic E-state index is 12.3. The second-order valence-electron chi connectivity index (χ2n) is 3.18. The minimum atomic E-state index is -2.52. The van der Waals surface area contributed by atoms with Gasteiger partial charge in [-0.15, -0.1) is 0 Å². The molecule has 1 atom stereocenters. The molecule has 0 amide bonds. The van der Waals surface area contributed by atoms with Gasteiger partial charge in [0.05, 0.1) is 0 Å². The van der Waals surface area contributed by atoms with Crippen molar-refractivity contribution in [3.63, 3.8) is 0 Å². The van der Waals surface area contributed by atoms with Crippen molar-refractivity contribution >= 4 is 0 Å². The lowest BCUT2D eigenvalue weighted by molar-refractivity contribution is 0.145. The van der Waals surface area contributed by atoms with Gasteiger partial charge in [-0.2, -0.15) is 0 Å². The number of aryl methyl sites for hydroxylation is 1. The zero-order valence-electron chi connectivity index (χ0n) is 7.64. The Kier molecular flexibility index (Phi) is 2.98. The highest BCUT2D eigenvalue weighted by Crippen LogP contribution is 2.20. The molecule has 0 fully saturated rings. The summed E-state index contributed by atoms with van der Waals surface area (Å²) in [5.41, 5.74) is 5.76. The van der Waals surface area contributed by atoms with Crippen LogP contribution in [-0.4, -0.2) is 16.0 Å². The van der Waals surface area contributed by atoms with Gasteiger partial charge in [-0.05, 0) is 13.8 Å². The van der Waals surface area contributed by atoms with E-state index < -0.39 is 6.43 Å². The van der Waals surface area contributed by atoms with Crippen LogP contribution in [0, 0.1) is 6.92 Å². The molecule has 0 saturated carbocycles. The highest BCUT2D eigenvalue weighted by molar-refractivity contribution is 5.14. The van der Waals surface area contributed by atoms with Crippen molar-refractivity contribution in [2.24, 2.45) is 5.73 Å². The molecule has 3 nitrogen and oxygen atoms in total. The van der Waals surface area contributed by atoms with E-state index in [-0.39, 0.29) is 11.7 Å². The van der Waals surface area contributed by atoms with E-state index in [4.69, 9.17) is 5.73 Å². The van der Waals surface area contributed by atoms with E-state index in [0.29, 0.717) is 17.9 Å². The number of halogens is 2. The summed E-state index contributed by atoms with van der Waals surface area (Å²) in [6.07, 6.45) is -2.02. The first kappa shape index (κ1) is 10.1. The van der Waals surface area contributed by atoms with Crippen LogP contribution in [0.3, 0.4) is 0 Å². The second-order valence-corrected chi connectivity index (χ2v) is 3.18. The van der Waals surface area contributed by atoms with Gasteiger partial charge in [0.2, 0.25) is 0 Å². The molecule has 0 saturated heterocycles. The third-order valence-electron chi connectivity index (χ3n) is 1.69. The first-order valence-electron chi connectivity index (χ1n) is 4.09. The van der Waals surface area contributed by atoms with E-state index in [1.54, 1.807) is 13.8 Å². The predicted octanol–water partition coefficient (Wildman–Crippen LogP) is 1.55. The molecule has 0 radical (unpaired) electrons. The Bertz CT molecular complexity index is 281. The van der Waals surface area contributed by atoms with Gasteiger partial charge in [0.1, 0.15) is 11.5 Å². The Morgan fingerprint density at radius 2 is 2.15 bits per heavy atom. The van der Waals surface area contributed by atoms with Crippen LogP contribution in [0.1, 0.15) is 30.6 Å². The molecule has 1 aromatic heterocycles. The van der Waals surface area contributed by atoms with Crippen LogP contribution in [0.15, 0.2) is 0 Å². The number of hydrogen-bond donors (Lipinski definition) is 2. The number of H-pyrrole nitrogens is 1. The number of hydrogen-bond acceptors (Lipinski definition) is 2.